The van der Waals surface area contributed by atoms with Crippen LogP contribution in [0.25, 0.3) is 0 Å². The van der Waals surface area contributed by atoms with E-state index < -0.39 is 0 Å². The molecule has 0 saturated carbocycles. The molecule has 0 spiro atoms. The van der Waals surface area contributed by atoms with Crippen molar-refractivity contribution in [2.24, 2.45) is 0 Å². The van der Waals surface area contributed by atoms with E-state index in [2.05, 4.69) is 17.4 Å². The van der Waals surface area contributed by atoms with E-state index in [0.29, 0.717) is 17.2 Å². The molecule has 0 radical (unpaired) electrons. The van der Waals surface area contributed by atoms with Gasteiger partial charge in [0.2, 0.25) is 5.75 Å². The van der Waals surface area contributed by atoms with Crippen molar-refractivity contribution in [1.82, 2.24) is 5.32 Å². The van der Waals surface area contributed by atoms with Crippen molar-refractivity contribution in [2.75, 3.05) is 20.8 Å². The Morgan fingerprint density at radius 1 is 1.08 bits per heavy atom. The van der Waals surface area contributed by atoms with Gasteiger partial charge in [0.1, 0.15) is 0 Å². The molecule has 132 valence electrons. The van der Waals surface area contributed by atoms with Crippen LogP contribution in [0, 0.1) is 0 Å². The molecule has 0 fully saturated rings. The molecule has 0 aliphatic heterocycles. The third kappa shape index (κ3) is 3.87. The maximum Gasteiger partial charge on any atom is 0.258 e. The number of hydrogen-bond donors (Lipinski definition) is 1. The van der Waals surface area contributed by atoms with Crippen molar-refractivity contribution in [3.8, 4) is 17.2 Å². The van der Waals surface area contributed by atoms with Crippen LogP contribution in [0.5, 0.6) is 17.2 Å². The first-order chi connectivity index (χ1) is 12.2. The Morgan fingerprint density at radius 2 is 1.80 bits per heavy atom. The fourth-order valence-corrected chi connectivity index (χ4v) is 3.24. The van der Waals surface area contributed by atoms with E-state index >= 15 is 0 Å². The number of fused-ring (bicyclic) bond motifs is 1. The standard InChI is InChI=1S/C20H23NO4/c1-23-17-11-6-12-18(24-2)20(17)25-13-19(22)21-16-10-5-8-14-7-3-4-9-15(14)16/h3-4,6-7,9,11-12,16H,5,8,10,13H2,1-2H3,(H,21,22)/t16-/m0/s1. The van der Waals surface area contributed by atoms with Crippen molar-refractivity contribution in [3.05, 3.63) is 53.6 Å². The van der Waals surface area contributed by atoms with Crippen LogP contribution < -0.4 is 19.5 Å². The molecule has 0 bridgehead atoms. The minimum atomic E-state index is -0.158. The summed E-state index contributed by atoms with van der Waals surface area (Å²) in [5.74, 6) is 1.35. The number of methoxy groups -OCH3 is 2. The summed E-state index contributed by atoms with van der Waals surface area (Å²) < 4.78 is 16.2. The van der Waals surface area contributed by atoms with Crippen LogP contribution in [0.1, 0.15) is 30.0 Å². The lowest BCUT2D eigenvalue weighted by Crippen LogP contribution is -2.34. The summed E-state index contributed by atoms with van der Waals surface area (Å²) in [7, 11) is 3.11. The van der Waals surface area contributed by atoms with Crippen molar-refractivity contribution in [2.45, 2.75) is 25.3 Å². The predicted octanol–water partition coefficient (Wildman–Crippen LogP) is 3.28. The zero-order valence-corrected chi connectivity index (χ0v) is 14.6. The van der Waals surface area contributed by atoms with Gasteiger partial charge in [0.25, 0.3) is 5.91 Å². The molecule has 5 nitrogen and oxygen atoms in total. The molecule has 5 heteroatoms. The van der Waals surface area contributed by atoms with E-state index in [-0.39, 0.29) is 18.6 Å². The number of carbonyl (C=O) groups excluding carboxylic acids is 1. The van der Waals surface area contributed by atoms with Gasteiger partial charge < -0.3 is 19.5 Å². The van der Waals surface area contributed by atoms with Crippen LogP contribution in [0.4, 0.5) is 0 Å². The number of carbonyl (C=O) groups is 1. The Balaban J connectivity index is 1.65. The van der Waals surface area contributed by atoms with Crippen molar-refractivity contribution in [1.29, 1.82) is 0 Å². The Labute approximate surface area is 147 Å². The predicted molar refractivity (Wildman–Crippen MR) is 95.3 cm³/mol. The average Bonchev–Trinajstić information content (AvgIpc) is 2.66. The number of rotatable bonds is 6. The first-order valence-corrected chi connectivity index (χ1v) is 8.44. The molecule has 0 unspecified atom stereocenters. The molecular formula is C20H23NO4. The van der Waals surface area contributed by atoms with Crippen LogP contribution in [-0.4, -0.2) is 26.7 Å². The lowest BCUT2D eigenvalue weighted by molar-refractivity contribution is -0.124. The highest BCUT2D eigenvalue weighted by atomic mass is 16.5. The highest BCUT2D eigenvalue weighted by molar-refractivity contribution is 5.78. The molecule has 1 atom stereocenters. The van der Waals surface area contributed by atoms with Crippen LogP contribution in [0.2, 0.25) is 0 Å². The van der Waals surface area contributed by atoms with Crippen LogP contribution >= 0.6 is 0 Å². The number of aryl methyl sites for hydroxylation is 1. The normalized spacial score (nSPS) is 15.8. The summed E-state index contributed by atoms with van der Waals surface area (Å²) >= 11 is 0. The fourth-order valence-electron chi connectivity index (χ4n) is 3.24. The van der Waals surface area contributed by atoms with Crippen molar-refractivity contribution in [3.63, 3.8) is 0 Å². The van der Waals surface area contributed by atoms with Crippen molar-refractivity contribution >= 4 is 5.91 Å². The Kier molecular flexibility index (Phi) is 5.43. The first-order valence-electron chi connectivity index (χ1n) is 8.44. The van der Waals surface area contributed by atoms with Gasteiger partial charge in [-0.1, -0.05) is 30.3 Å². The molecule has 25 heavy (non-hydrogen) atoms. The number of nitrogens with one attached hydrogen (secondary N) is 1. The lowest BCUT2D eigenvalue weighted by Gasteiger charge is -2.26. The maximum absolute atomic E-state index is 12.4. The summed E-state index contributed by atoms with van der Waals surface area (Å²) in [5.41, 5.74) is 2.52. The third-order valence-electron chi connectivity index (χ3n) is 4.43. The summed E-state index contributed by atoms with van der Waals surface area (Å²) in [5, 5.41) is 3.07. The van der Waals surface area contributed by atoms with Gasteiger partial charge in [-0.15, -0.1) is 0 Å². The molecular weight excluding hydrogens is 318 g/mol. The fraction of sp³-hybridized carbons (Fsp3) is 0.350. The summed E-state index contributed by atoms with van der Waals surface area (Å²) in [6.07, 6.45) is 3.08. The van der Waals surface area contributed by atoms with Gasteiger partial charge in [0.05, 0.1) is 20.3 Å². The third-order valence-corrected chi connectivity index (χ3v) is 4.43. The molecule has 1 amide bonds. The molecule has 2 aromatic rings. The number of ether oxygens (including phenoxy) is 3. The van der Waals surface area contributed by atoms with E-state index in [0.717, 1.165) is 19.3 Å². The minimum Gasteiger partial charge on any atom is -0.493 e. The number of hydrogen-bond acceptors (Lipinski definition) is 4. The number of amides is 1. The number of para-hydroxylation sites is 1. The molecule has 1 aliphatic carbocycles. The quantitative estimate of drug-likeness (QED) is 0.876. The van der Waals surface area contributed by atoms with Crippen LogP contribution in [0.15, 0.2) is 42.5 Å². The summed E-state index contributed by atoms with van der Waals surface area (Å²) in [6, 6.07) is 13.7. The zero-order chi connectivity index (χ0) is 17.6. The Hall–Kier alpha value is -2.69. The Morgan fingerprint density at radius 3 is 2.52 bits per heavy atom. The molecule has 1 aliphatic rings. The van der Waals surface area contributed by atoms with Gasteiger partial charge in [-0.3, -0.25) is 4.79 Å². The Bertz CT molecular complexity index is 722. The molecule has 0 heterocycles. The molecule has 0 saturated heterocycles. The van der Waals surface area contributed by atoms with Crippen LogP contribution in [-0.2, 0) is 11.2 Å². The second-order valence-corrected chi connectivity index (χ2v) is 5.99. The van der Waals surface area contributed by atoms with Gasteiger partial charge in [-0.05, 0) is 42.5 Å². The van der Waals surface area contributed by atoms with Gasteiger partial charge >= 0.3 is 0 Å². The van der Waals surface area contributed by atoms with E-state index in [1.54, 1.807) is 26.4 Å². The van der Waals surface area contributed by atoms with Gasteiger partial charge in [-0.2, -0.15) is 0 Å². The monoisotopic (exact) mass is 341 g/mol. The number of benzene rings is 2. The van der Waals surface area contributed by atoms with Gasteiger partial charge in [0.15, 0.2) is 18.1 Å². The lowest BCUT2D eigenvalue weighted by atomic mass is 9.88. The molecule has 1 N–H and O–H groups in total. The largest absolute Gasteiger partial charge is 0.493 e. The van der Waals surface area contributed by atoms with Crippen LogP contribution in [0.3, 0.4) is 0 Å². The molecule has 2 aromatic carbocycles. The summed E-state index contributed by atoms with van der Waals surface area (Å²) in [4.78, 5) is 12.4. The minimum absolute atomic E-state index is 0.0422. The van der Waals surface area contributed by atoms with E-state index in [1.807, 2.05) is 18.2 Å². The van der Waals surface area contributed by atoms with Crippen molar-refractivity contribution < 1.29 is 19.0 Å². The molecule has 3 rings (SSSR count). The first kappa shape index (κ1) is 17.1. The smallest absolute Gasteiger partial charge is 0.258 e. The van der Waals surface area contributed by atoms with E-state index in [9.17, 15) is 4.79 Å². The van der Waals surface area contributed by atoms with Gasteiger partial charge in [-0.25, -0.2) is 0 Å². The zero-order valence-electron chi connectivity index (χ0n) is 14.6. The highest BCUT2D eigenvalue weighted by Gasteiger charge is 2.22. The molecule has 0 aromatic heterocycles. The summed E-state index contributed by atoms with van der Waals surface area (Å²) in [6.45, 7) is -0.0879. The average molecular weight is 341 g/mol. The van der Waals surface area contributed by atoms with E-state index in [4.69, 9.17) is 14.2 Å². The topological polar surface area (TPSA) is 56.8 Å². The second-order valence-electron chi connectivity index (χ2n) is 5.99. The van der Waals surface area contributed by atoms with Gasteiger partial charge in [0, 0.05) is 0 Å². The SMILES string of the molecule is COc1cccc(OC)c1OCC(=O)N[C@H]1CCCc2ccccc21. The highest BCUT2D eigenvalue weighted by Crippen LogP contribution is 2.36. The maximum atomic E-state index is 12.4. The van der Waals surface area contributed by atoms with E-state index in [1.165, 1.54) is 11.1 Å². The second kappa shape index (κ2) is 7.92.